The molecule has 2 aliphatic heterocycles. The van der Waals surface area contributed by atoms with E-state index in [0.717, 1.165) is 37.4 Å². The van der Waals surface area contributed by atoms with Crippen LogP contribution in [0.15, 0.2) is 63.5 Å². The summed E-state index contributed by atoms with van der Waals surface area (Å²) in [6, 6.07) is 18.4. The van der Waals surface area contributed by atoms with Crippen molar-refractivity contribution in [2.75, 3.05) is 0 Å². The molecule has 2 nitrogen and oxygen atoms in total. The Morgan fingerprint density at radius 2 is 1.17 bits per heavy atom. The summed E-state index contributed by atoms with van der Waals surface area (Å²) < 4.78 is 14.3. The minimum absolute atomic E-state index is 0.134. The zero-order valence-electron chi connectivity index (χ0n) is 11.8. The first-order chi connectivity index (χ1) is 11.2. The van der Waals surface area contributed by atoms with E-state index in [9.17, 15) is 0 Å². The fraction of sp³-hybridized carbons (Fsp3) is 0. The van der Waals surface area contributed by atoms with Crippen LogP contribution < -0.4 is 25.9 Å². The lowest BCUT2D eigenvalue weighted by atomic mass is 9.35. The molecule has 0 saturated carbocycles. The van der Waals surface area contributed by atoms with Gasteiger partial charge in [0.15, 0.2) is 0 Å². The number of hydrogen-bond donors (Lipinski definition) is 0. The highest BCUT2D eigenvalue weighted by Crippen LogP contribution is 2.35. The fourth-order valence-electron chi connectivity index (χ4n) is 3.37. The lowest BCUT2D eigenvalue weighted by molar-refractivity contribution is 0.464. The largest absolute Gasteiger partial charge is 0.458 e. The van der Waals surface area contributed by atoms with Crippen LogP contribution in [-0.2, 0) is 0 Å². The van der Waals surface area contributed by atoms with Gasteiger partial charge in [0.25, 0.3) is 6.71 Å². The quantitative estimate of drug-likeness (QED) is 0.348. The summed E-state index contributed by atoms with van der Waals surface area (Å²) in [5, 5.41) is 0. The number of ether oxygens (including phenoxy) is 2. The van der Waals surface area contributed by atoms with Crippen molar-refractivity contribution < 1.29 is 9.47 Å². The third-order valence-corrected chi connectivity index (χ3v) is 5.31. The Bertz CT molecular complexity index is 897. The van der Waals surface area contributed by atoms with Crippen LogP contribution in [0.5, 0.6) is 23.0 Å². The van der Waals surface area contributed by atoms with E-state index in [1.54, 1.807) is 0 Å². The van der Waals surface area contributed by atoms with Gasteiger partial charge in [-0.2, -0.15) is 0 Å². The van der Waals surface area contributed by atoms with Crippen LogP contribution in [0.3, 0.4) is 0 Å². The average Bonchev–Trinajstić information content (AvgIpc) is 2.54. The van der Waals surface area contributed by atoms with E-state index in [-0.39, 0.29) is 6.71 Å². The molecule has 23 heavy (non-hydrogen) atoms. The summed E-state index contributed by atoms with van der Waals surface area (Å²) in [7, 11) is 0. The molecule has 0 spiro atoms. The van der Waals surface area contributed by atoms with E-state index < -0.39 is 0 Å². The summed E-state index contributed by atoms with van der Waals surface area (Å²) in [6.45, 7) is 0.134. The van der Waals surface area contributed by atoms with Crippen LogP contribution in [0.25, 0.3) is 0 Å². The lowest BCUT2D eigenvalue weighted by Crippen LogP contribution is -2.57. The number of halogens is 2. The second kappa shape index (κ2) is 4.89. The van der Waals surface area contributed by atoms with Crippen molar-refractivity contribution in [1.82, 2.24) is 0 Å². The van der Waals surface area contributed by atoms with Gasteiger partial charge in [-0.1, -0.05) is 50.1 Å². The molecule has 0 aromatic heterocycles. The molecule has 2 aliphatic rings. The maximum Gasteiger partial charge on any atom is 0.260 e. The van der Waals surface area contributed by atoms with Crippen molar-refractivity contribution in [2.24, 2.45) is 0 Å². The average molecular weight is 428 g/mol. The first-order valence-corrected chi connectivity index (χ1v) is 8.87. The highest BCUT2D eigenvalue weighted by molar-refractivity contribution is 9.10. The molecule has 2 heterocycles. The van der Waals surface area contributed by atoms with Crippen molar-refractivity contribution in [3.05, 3.63) is 63.5 Å². The van der Waals surface area contributed by atoms with Gasteiger partial charge in [-0.05, 0) is 47.3 Å². The molecule has 0 fully saturated rings. The zero-order chi connectivity index (χ0) is 15.6. The highest BCUT2D eigenvalue weighted by Gasteiger charge is 2.39. The predicted octanol–water partition coefficient (Wildman–Crippen LogP) is 3.94. The van der Waals surface area contributed by atoms with Crippen LogP contribution >= 0.6 is 31.9 Å². The minimum Gasteiger partial charge on any atom is -0.458 e. The maximum absolute atomic E-state index is 6.12. The van der Waals surface area contributed by atoms with Gasteiger partial charge in [-0.25, -0.2) is 0 Å². The Morgan fingerprint density at radius 3 is 1.70 bits per heavy atom. The van der Waals surface area contributed by atoms with Gasteiger partial charge in [-0.15, -0.1) is 0 Å². The SMILES string of the molecule is Brc1ccc2c(c1)Oc1cccc3c1B2c1ccc(Br)cc1O3. The van der Waals surface area contributed by atoms with E-state index in [0.29, 0.717) is 0 Å². The van der Waals surface area contributed by atoms with Crippen LogP contribution in [0.1, 0.15) is 0 Å². The van der Waals surface area contributed by atoms with Crippen LogP contribution in [0, 0.1) is 0 Å². The molecule has 3 aromatic carbocycles. The van der Waals surface area contributed by atoms with Crippen LogP contribution in [0.2, 0.25) is 0 Å². The molecule has 0 amide bonds. The van der Waals surface area contributed by atoms with E-state index in [1.165, 1.54) is 10.9 Å². The lowest BCUT2D eigenvalue weighted by Gasteiger charge is -2.32. The molecule has 110 valence electrons. The van der Waals surface area contributed by atoms with Crippen molar-refractivity contribution in [1.29, 1.82) is 0 Å². The van der Waals surface area contributed by atoms with Crippen LogP contribution in [0.4, 0.5) is 0 Å². The van der Waals surface area contributed by atoms with E-state index in [1.807, 2.05) is 30.3 Å². The first kappa shape index (κ1) is 13.7. The van der Waals surface area contributed by atoms with E-state index in [2.05, 4.69) is 56.1 Å². The molecule has 3 aromatic rings. The summed E-state index contributed by atoms with van der Waals surface area (Å²) >= 11 is 7.06. The molecular weight excluding hydrogens is 419 g/mol. The zero-order valence-corrected chi connectivity index (χ0v) is 15.0. The number of rotatable bonds is 0. The van der Waals surface area contributed by atoms with Gasteiger partial charge in [0, 0.05) is 14.4 Å². The minimum atomic E-state index is 0.134. The Balaban J connectivity index is 1.84. The van der Waals surface area contributed by atoms with Crippen molar-refractivity contribution in [2.45, 2.75) is 0 Å². The van der Waals surface area contributed by atoms with Crippen molar-refractivity contribution >= 4 is 55.0 Å². The predicted molar refractivity (Wildman–Crippen MR) is 99.5 cm³/mol. The Morgan fingerprint density at radius 1 is 0.652 bits per heavy atom. The molecule has 0 N–H and O–H groups in total. The Labute approximate surface area is 150 Å². The summed E-state index contributed by atoms with van der Waals surface area (Å²) in [5.41, 5.74) is 3.44. The second-order valence-electron chi connectivity index (χ2n) is 5.67. The highest BCUT2D eigenvalue weighted by atomic mass is 79.9. The normalized spacial score (nSPS) is 13.4. The van der Waals surface area contributed by atoms with Gasteiger partial charge >= 0.3 is 0 Å². The summed E-state index contributed by atoms with van der Waals surface area (Å²) in [4.78, 5) is 0. The molecule has 0 aliphatic carbocycles. The topological polar surface area (TPSA) is 18.5 Å². The molecule has 0 saturated heterocycles. The second-order valence-corrected chi connectivity index (χ2v) is 7.50. The van der Waals surface area contributed by atoms with Gasteiger partial charge in [-0.3, -0.25) is 0 Å². The Hall–Kier alpha value is -1.72. The third-order valence-electron chi connectivity index (χ3n) is 4.33. The maximum atomic E-state index is 6.12. The monoisotopic (exact) mass is 426 g/mol. The van der Waals surface area contributed by atoms with Gasteiger partial charge in [0.05, 0.1) is 0 Å². The molecule has 5 rings (SSSR count). The van der Waals surface area contributed by atoms with Crippen LogP contribution in [-0.4, -0.2) is 6.71 Å². The Kier molecular flexibility index (Phi) is 2.91. The standard InChI is InChI=1S/C18H9BBr2O2/c20-10-4-6-12-16(8-10)22-14-2-1-3-15-18(14)19(12)13-7-5-11(21)9-17(13)23-15/h1-9H. The molecule has 0 radical (unpaired) electrons. The van der Waals surface area contributed by atoms with Gasteiger partial charge in [0.1, 0.15) is 23.0 Å². The van der Waals surface area contributed by atoms with Gasteiger partial charge < -0.3 is 9.47 Å². The number of benzene rings is 3. The molecule has 0 atom stereocenters. The molecular formula is C18H9BBr2O2. The molecule has 0 unspecified atom stereocenters. The number of hydrogen-bond acceptors (Lipinski definition) is 2. The van der Waals surface area contributed by atoms with E-state index >= 15 is 0 Å². The smallest absolute Gasteiger partial charge is 0.260 e. The van der Waals surface area contributed by atoms with Crippen molar-refractivity contribution in [3.8, 4) is 23.0 Å². The summed E-state index contributed by atoms with van der Waals surface area (Å²) in [5.74, 6) is 3.52. The van der Waals surface area contributed by atoms with E-state index in [4.69, 9.17) is 9.47 Å². The fourth-order valence-corrected chi connectivity index (χ4v) is 4.05. The summed E-state index contributed by atoms with van der Waals surface area (Å²) in [6.07, 6.45) is 0. The number of fused-ring (bicyclic) bond motifs is 4. The van der Waals surface area contributed by atoms with Gasteiger partial charge in [0.2, 0.25) is 0 Å². The first-order valence-electron chi connectivity index (χ1n) is 7.28. The van der Waals surface area contributed by atoms with Crippen molar-refractivity contribution in [3.63, 3.8) is 0 Å². The molecule has 0 bridgehead atoms. The third kappa shape index (κ3) is 2.00. The molecule has 5 heteroatoms.